The fourth-order valence-corrected chi connectivity index (χ4v) is 1.95. The first-order valence-electron chi connectivity index (χ1n) is 5.56. The van der Waals surface area contributed by atoms with Gasteiger partial charge in [-0.25, -0.2) is 0 Å². The predicted octanol–water partition coefficient (Wildman–Crippen LogP) is 2.24. The first-order chi connectivity index (χ1) is 5.56. The predicted molar refractivity (Wildman–Crippen MR) is 67.9 cm³/mol. The highest BCUT2D eigenvalue weighted by Crippen LogP contribution is 2.54. The van der Waals surface area contributed by atoms with E-state index in [2.05, 4.69) is 57.2 Å². The molecular weight excluding hydrogens is 154 g/mol. The van der Waals surface area contributed by atoms with Gasteiger partial charge in [0.05, 0.1) is 0 Å². The quantitative estimate of drug-likeness (QED) is 0.584. The van der Waals surface area contributed by atoms with Crippen molar-refractivity contribution in [2.24, 2.45) is 10.8 Å². The van der Waals surface area contributed by atoms with Gasteiger partial charge in [-0.05, 0) is 17.3 Å². The molecule has 0 unspecified atom stereocenters. The van der Waals surface area contributed by atoms with Gasteiger partial charge in [-0.2, -0.15) is 0 Å². The van der Waals surface area contributed by atoms with Crippen LogP contribution in [0.5, 0.6) is 0 Å². The van der Waals surface area contributed by atoms with Gasteiger partial charge in [0, 0.05) is 0 Å². The molecule has 0 amide bonds. The van der Waals surface area contributed by atoms with Crippen molar-refractivity contribution < 1.29 is 0 Å². The Morgan fingerprint density at radius 1 is 0.923 bits per heavy atom. The molecule has 0 radical (unpaired) electrons. The molecular formula is C11H26B2. The summed E-state index contributed by atoms with van der Waals surface area (Å²) in [6.07, 6.45) is 2.60. The normalized spacial score (nSPS) is 14.6. The Morgan fingerprint density at radius 2 is 1.31 bits per heavy atom. The largest absolute Gasteiger partial charge is 0.101 e. The summed E-state index contributed by atoms with van der Waals surface area (Å²) < 4.78 is 0. The molecule has 2 heteroatoms. The van der Waals surface area contributed by atoms with Gasteiger partial charge < -0.3 is 0 Å². The van der Waals surface area contributed by atoms with Crippen LogP contribution in [0.1, 0.15) is 54.4 Å². The molecule has 76 valence electrons. The molecule has 0 saturated carbocycles. The SMILES string of the molecule is BC(B)(C(C)(C)C)C(C)(C)CCC. The Balaban J connectivity index is 4.81. The minimum atomic E-state index is 0.381. The lowest BCUT2D eigenvalue weighted by molar-refractivity contribution is 0.165. The van der Waals surface area contributed by atoms with Crippen LogP contribution in [0.3, 0.4) is 0 Å². The van der Waals surface area contributed by atoms with Crippen molar-refractivity contribution in [1.82, 2.24) is 0 Å². The van der Waals surface area contributed by atoms with E-state index in [1.165, 1.54) is 12.8 Å². The van der Waals surface area contributed by atoms with Crippen LogP contribution in [0.4, 0.5) is 0 Å². The van der Waals surface area contributed by atoms with Gasteiger partial charge in [-0.3, -0.25) is 0 Å². The van der Waals surface area contributed by atoms with Crippen LogP contribution in [-0.2, 0) is 0 Å². The summed E-state index contributed by atoms with van der Waals surface area (Å²) in [6, 6.07) is 0. The van der Waals surface area contributed by atoms with Crippen LogP contribution in [0.25, 0.3) is 0 Å². The summed E-state index contributed by atoms with van der Waals surface area (Å²) in [5.74, 6) is 0. The van der Waals surface area contributed by atoms with E-state index >= 15 is 0 Å². The molecule has 0 aromatic carbocycles. The number of hydrogen-bond donors (Lipinski definition) is 0. The summed E-state index contributed by atoms with van der Waals surface area (Å²) in [6.45, 7) is 14.1. The molecule has 0 aromatic heterocycles. The molecule has 0 aromatic rings. The van der Waals surface area contributed by atoms with Crippen LogP contribution in [0.2, 0.25) is 5.21 Å². The molecule has 0 saturated heterocycles. The average molecular weight is 180 g/mol. The fraction of sp³-hybridized carbons (Fsp3) is 1.00. The Bertz CT molecular complexity index is 163. The molecule has 0 fully saturated rings. The summed E-state index contributed by atoms with van der Waals surface area (Å²) in [7, 11) is 4.81. The van der Waals surface area contributed by atoms with E-state index in [0.29, 0.717) is 16.0 Å². The molecule has 0 heterocycles. The van der Waals surface area contributed by atoms with Crippen LogP contribution >= 0.6 is 0 Å². The third-order valence-corrected chi connectivity index (χ3v) is 4.44. The molecule has 0 spiro atoms. The van der Waals surface area contributed by atoms with E-state index in [1.54, 1.807) is 0 Å². The van der Waals surface area contributed by atoms with E-state index in [-0.39, 0.29) is 0 Å². The highest BCUT2D eigenvalue weighted by molar-refractivity contribution is 6.41. The van der Waals surface area contributed by atoms with Gasteiger partial charge in [0.2, 0.25) is 0 Å². The Morgan fingerprint density at radius 3 is 1.54 bits per heavy atom. The maximum absolute atomic E-state index is 2.41. The third kappa shape index (κ3) is 2.54. The maximum atomic E-state index is 2.41. The van der Waals surface area contributed by atoms with Crippen molar-refractivity contribution in [2.75, 3.05) is 0 Å². The molecule has 0 aliphatic carbocycles. The molecule has 0 bridgehead atoms. The van der Waals surface area contributed by atoms with Crippen LogP contribution in [0, 0.1) is 10.8 Å². The molecule has 13 heavy (non-hydrogen) atoms. The van der Waals surface area contributed by atoms with E-state index in [9.17, 15) is 0 Å². The average Bonchev–Trinajstić information content (AvgIpc) is 1.84. The van der Waals surface area contributed by atoms with Crippen molar-refractivity contribution in [3.63, 3.8) is 0 Å². The zero-order valence-electron chi connectivity index (χ0n) is 10.9. The number of rotatable bonds is 3. The van der Waals surface area contributed by atoms with E-state index < -0.39 is 0 Å². The monoisotopic (exact) mass is 180 g/mol. The summed E-state index contributed by atoms with van der Waals surface area (Å²) in [4.78, 5) is 0. The van der Waals surface area contributed by atoms with Crippen LogP contribution in [0.15, 0.2) is 0 Å². The highest BCUT2D eigenvalue weighted by Gasteiger charge is 2.43. The van der Waals surface area contributed by atoms with Crippen molar-refractivity contribution in [3.8, 4) is 0 Å². The van der Waals surface area contributed by atoms with Gasteiger partial charge in [0.15, 0.2) is 0 Å². The summed E-state index contributed by atoms with van der Waals surface area (Å²) in [5.41, 5.74) is 0.811. The molecule has 0 N–H and O–H groups in total. The van der Waals surface area contributed by atoms with Crippen molar-refractivity contribution in [3.05, 3.63) is 0 Å². The van der Waals surface area contributed by atoms with Gasteiger partial charge >= 0.3 is 0 Å². The Hall–Kier alpha value is 0.130. The second kappa shape index (κ2) is 3.71. The van der Waals surface area contributed by atoms with Gasteiger partial charge in [0.1, 0.15) is 15.7 Å². The third-order valence-electron chi connectivity index (χ3n) is 4.44. The molecule has 0 aliphatic rings. The maximum Gasteiger partial charge on any atom is 0.101 e. The first-order valence-corrected chi connectivity index (χ1v) is 5.56. The van der Waals surface area contributed by atoms with Gasteiger partial charge in [-0.15, -0.1) is 0 Å². The minimum Gasteiger partial charge on any atom is -0.0750 e. The second-order valence-corrected chi connectivity index (χ2v) is 6.51. The molecule has 0 nitrogen and oxygen atoms in total. The molecule has 0 rings (SSSR count). The lowest BCUT2D eigenvalue weighted by Crippen LogP contribution is -2.42. The van der Waals surface area contributed by atoms with E-state index in [0.717, 1.165) is 0 Å². The molecule has 0 atom stereocenters. The zero-order valence-corrected chi connectivity index (χ0v) is 10.9. The molecule has 0 aliphatic heterocycles. The lowest BCUT2D eigenvalue weighted by Gasteiger charge is -2.51. The first kappa shape index (κ1) is 13.1. The van der Waals surface area contributed by atoms with Crippen LogP contribution in [-0.4, -0.2) is 15.7 Å². The van der Waals surface area contributed by atoms with E-state index in [4.69, 9.17) is 0 Å². The smallest absolute Gasteiger partial charge is 0.0750 e. The van der Waals surface area contributed by atoms with Crippen LogP contribution < -0.4 is 0 Å². The van der Waals surface area contributed by atoms with Crippen molar-refractivity contribution in [2.45, 2.75) is 59.6 Å². The Labute approximate surface area is 86.7 Å². The second-order valence-electron chi connectivity index (χ2n) is 6.51. The topological polar surface area (TPSA) is 0 Å². The summed E-state index contributed by atoms with van der Waals surface area (Å²) in [5, 5.41) is 0.385. The Kier molecular flexibility index (Phi) is 3.75. The highest BCUT2D eigenvalue weighted by atomic mass is 14.4. The zero-order chi connectivity index (χ0) is 10.9. The lowest BCUT2D eigenvalue weighted by atomic mass is 9.34. The summed E-state index contributed by atoms with van der Waals surface area (Å²) >= 11 is 0. The number of hydrogen-bond acceptors (Lipinski definition) is 0. The fourth-order valence-electron chi connectivity index (χ4n) is 1.95. The standard InChI is InChI=1S/C11H26B2/c1-7-8-10(5,6)11(12,13)9(2,3)4/h7-8,12-13H2,1-6H3. The van der Waals surface area contributed by atoms with E-state index in [1.807, 2.05) is 0 Å². The van der Waals surface area contributed by atoms with Gasteiger partial charge in [-0.1, -0.05) is 53.2 Å². The van der Waals surface area contributed by atoms with Crippen molar-refractivity contribution in [1.29, 1.82) is 0 Å². The van der Waals surface area contributed by atoms with Gasteiger partial charge in [0.25, 0.3) is 0 Å². The minimum absolute atomic E-state index is 0.381. The van der Waals surface area contributed by atoms with Crippen molar-refractivity contribution >= 4 is 15.7 Å².